The van der Waals surface area contributed by atoms with Crippen molar-refractivity contribution in [2.24, 2.45) is 0 Å². The summed E-state index contributed by atoms with van der Waals surface area (Å²) in [7, 11) is 1.50. The Morgan fingerprint density at radius 1 is 1.00 bits per heavy atom. The number of carbonyl (C=O) groups is 3. The molecule has 3 N–H and O–H groups in total. The number of ether oxygens (including phenoxy) is 2. The lowest BCUT2D eigenvalue weighted by Crippen LogP contribution is -2.41. The molecule has 3 amide bonds. The molecule has 1 aromatic carbocycles. The molecule has 0 fully saturated rings. The Bertz CT molecular complexity index is 839. The number of rotatable bonds is 11. The molecular formula is C21H27N3O5S. The van der Waals surface area contributed by atoms with Crippen molar-refractivity contribution in [3.8, 4) is 11.5 Å². The first-order chi connectivity index (χ1) is 14.5. The van der Waals surface area contributed by atoms with Crippen LogP contribution in [-0.4, -0.2) is 38.0 Å². The first kappa shape index (κ1) is 23.2. The van der Waals surface area contributed by atoms with E-state index in [1.54, 1.807) is 29.6 Å². The van der Waals surface area contributed by atoms with Crippen molar-refractivity contribution in [2.75, 3.05) is 20.3 Å². The predicted octanol–water partition coefficient (Wildman–Crippen LogP) is 2.91. The molecule has 9 heteroatoms. The summed E-state index contributed by atoms with van der Waals surface area (Å²) in [6.07, 6.45) is 2.56. The summed E-state index contributed by atoms with van der Waals surface area (Å²) in [5.41, 5.74) is 5.68. The Balaban J connectivity index is 1.72. The third-order valence-corrected chi connectivity index (χ3v) is 4.83. The van der Waals surface area contributed by atoms with Crippen LogP contribution in [0.4, 0.5) is 0 Å². The zero-order valence-electron chi connectivity index (χ0n) is 17.2. The molecule has 0 aliphatic rings. The summed E-state index contributed by atoms with van der Waals surface area (Å²) in [4.78, 5) is 35.9. The number of hydrogen-bond donors (Lipinski definition) is 3. The normalized spacial score (nSPS) is 10.2. The second-order valence-electron chi connectivity index (χ2n) is 6.44. The molecular weight excluding hydrogens is 406 g/mol. The van der Waals surface area contributed by atoms with E-state index in [1.165, 1.54) is 18.4 Å². The van der Waals surface area contributed by atoms with Gasteiger partial charge in [0.05, 0.1) is 13.7 Å². The van der Waals surface area contributed by atoms with Gasteiger partial charge in [-0.15, -0.1) is 0 Å². The minimum absolute atomic E-state index is 0.164. The van der Waals surface area contributed by atoms with Crippen LogP contribution in [0.25, 0.3) is 0 Å². The molecule has 0 spiro atoms. The highest BCUT2D eigenvalue weighted by atomic mass is 32.1. The number of thiophene rings is 1. The summed E-state index contributed by atoms with van der Waals surface area (Å²) >= 11 is 1.45. The highest BCUT2D eigenvalue weighted by molar-refractivity contribution is 7.08. The fourth-order valence-corrected chi connectivity index (χ4v) is 3.10. The van der Waals surface area contributed by atoms with E-state index in [2.05, 4.69) is 23.1 Å². The van der Waals surface area contributed by atoms with Gasteiger partial charge < -0.3 is 14.8 Å². The van der Waals surface area contributed by atoms with E-state index in [0.717, 1.165) is 12.8 Å². The van der Waals surface area contributed by atoms with Gasteiger partial charge in [0.25, 0.3) is 11.8 Å². The Labute approximate surface area is 179 Å². The van der Waals surface area contributed by atoms with Gasteiger partial charge in [-0.25, -0.2) is 0 Å². The van der Waals surface area contributed by atoms with Crippen LogP contribution >= 0.6 is 11.3 Å². The Morgan fingerprint density at radius 2 is 1.83 bits per heavy atom. The number of hydrogen-bond acceptors (Lipinski definition) is 6. The van der Waals surface area contributed by atoms with E-state index in [1.807, 2.05) is 5.38 Å². The molecule has 0 saturated heterocycles. The van der Waals surface area contributed by atoms with Gasteiger partial charge in [-0.2, -0.15) is 11.3 Å². The van der Waals surface area contributed by atoms with Crippen LogP contribution in [0, 0.1) is 0 Å². The molecule has 0 aliphatic carbocycles. The van der Waals surface area contributed by atoms with Gasteiger partial charge in [-0.3, -0.25) is 25.2 Å². The summed E-state index contributed by atoms with van der Waals surface area (Å²) in [6, 6.07) is 6.57. The van der Waals surface area contributed by atoms with Crippen LogP contribution in [0.15, 0.2) is 35.0 Å². The maximum Gasteiger partial charge on any atom is 0.269 e. The van der Waals surface area contributed by atoms with E-state index in [4.69, 9.17) is 9.47 Å². The topological polar surface area (TPSA) is 106 Å². The Kier molecular flexibility index (Phi) is 9.66. The highest BCUT2D eigenvalue weighted by Crippen LogP contribution is 2.28. The highest BCUT2D eigenvalue weighted by Gasteiger charge is 2.12. The number of methoxy groups -OCH3 is 1. The van der Waals surface area contributed by atoms with Gasteiger partial charge in [-0.1, -0.05) is 13.3 Å². The van der Waals surface area contributed by atoms with Gasteiger partial charge >= 0.3 is 0 Å². The van der Waals surface area contributed by atoms with E-state index < -0.39 is 5.91 Å². The molecule has 30 heavy (non-hydrogen) atoms. The first-order valence-corrected chi connectivity index (χ1v) is 10.7. The lowest BCUT2D eigenvalue weighted by molar-refractivity contribution is -0.121. The van der Waals surface area contributed by atoms with Gasteiger partial charge in [-0.05, 0) is 42.5 Å². The van der Waals surface area contributed by atoms with Crippen molar-refractivity contribution >= 4 is 29.1 Å². The minimum Gasteiger partial charge on any atom is -0.493 e. The number of carbonyl (C=O) groups excluding carboxylic acids is 3. The fraction of sp³-hybridized carbons (Fsp3) is 0.381. The van der Waals surface area contributed by atoms with Gasteiger partial charge in [0.1, 0.15) is 0 Å². The third kappa shape index (κ3) is 7.40. The molecule has 2 aromatic rings. The second-order valence-corrected chi connectivity index (χ2v) is 7.22. The zero-order chi connectivity index (χ0) is 21.8. The Hall–Kier alpha value is -3.07. The smallest absolute Gasteiger partial charge is 0.269 e. The van der Waals surface area contributed by atoms with Crippen LogP contribution in [0.1, 0.15) is 53.3 Å². The average molecular weight is 434 g/mol. The summed E-state index contributed by atoms with van der Waals surface area (Å²) < 4.78 is 10.9. The van der Waals surface area contributed by atoms with Gasteiger partial charge in [0, 0.05) is 29.5 Å². The van der Waals surface area contributed by atoms with E-state index >= 15 is 0 Å². The second kappa shape index (κ2) is 12.5. The standard InChI is InChI=1S/C21H27N3O5S/c1-3-4-11-29-17-8-7-15(13-18(17)28-2)21(27)24-23-19(25)6-5-10-22-20(26)16-9-12-30-14-16/h7-9,12-14H,3-6,10-11H2,1-2H3,(H,22,26)(H,23,25)(H,24,27). The molecule has 0 radical (unpaired) electrons. The van der Waals surface area contributed by atoms with Crippen LogP contribution in [0.5, 0.6) is 11.5 Å². The SMILES string of the molecule is CCCCOc1ccc(C(=O)NNC(=O)CCCNC(=O)c2ccsc2)cc1OC. The summed E-state index contributed by atoms with van der Waals surface area (Å²) in [5.74, 6) is 0.0376. The maximum atomic E-state index is 12.3. The minimum atomic E-state index is -0.465. The molecule has 1 aromatic heterocycles. The predicted molar refractivity (Wildman–Crippen MR) is 115 cm³/mol. The van der Waals surface area contributed by atoms with E-state index in [9.17, 15) is 14.4 Å². The molecule has 0 unspecified atom stereocenters. The lowest BCUT2D eigenvalue weighted by Gasteiger charge is -2.12. The molecule has 0 bridgehead atoms. The third-order valence-electron chi connectivity index (χ3n) is 4.15. The molecule has 8 nitrogen and oxygen atoms in total. The van der Waals surface area contributed by atoms with Crippen LogP contribution in [-0.2, 0) is 4.79 Å². The van der Waals surface area contributed by atoms with Crippen molar-refractivity contribution < 1.29 is 23.9 Å². The zero-order valence-corrected chi connectivity index (χ0v) is 18.0. The number of benzene rings is 1. The Morgan fingerprint density at radius 3 is 2.53 bits per heavy atom. The van der Waals surface area contributed by atoms with Crippen molar-refractivity contribution in [1.82, 2.24) is 16.2 Å². The number of unbranched alkanes of at least 4 members (excludes halogenated alkanes) is 1. The average Bonchev–Trinajstić information content (AvgIpc) is 3.30. The number of nitrogens with one attached hydrogen (secondary N) is 3. The van der Waals surface area contributed by atoms with Crippen molar-refractivity contribution in [1.29, 1.82) is 0 Å². The largest absolute Gasteiger partial charge is 0.493 e. The monoisotopic (exact) mass is 433 g/mol. The molecule has 162 valence electrons. The van der Waals surface area contributed by atoms with Crippen LogP contribution in [0.3, 0.4) is 0 Å². The van der Waals surface area contributed by atoms with Gasteiger partial charge in [0.15, 0.2) is 11.5 Å². The number of hydrazine groups is 1. The molecule has 1 heterocycles. The van der Waals surface area contributed by atoms with E-state index in [0.29, 0.717) is 42.2 Å². The van der Waals surface area contributed by atoms with Crippen molar-refractivity contribution in [3.63, 3.8) is 0 Å². The first-order valence-electron chi connectivity index (χ1n) is 9.75. The summed E-state index contributed by atoms with van der Waals surface area (Å²) in [5, 5.41) is 6.33. The van der Waals surface area contributed by atoms with Crippen LogP contribution in [0.2, 0.25) is 0 Å². The lowest BCUT2D eigenvalue weighted by atomic mass is 10.2. The van der Waals surface area contributed by atoms with E-state index in [-0.39, 0.29) is 18.2 Å². The summed E-state index contributed by atoms with van der Waals surface area (Å²) in [6.45, 7) is 3.01. The molecule has 2 rings (SSSR count). The fourth-order valence-electron chi connectivity index (χ4n) is 2.46. The van der Waals surface area contributed by atoms with Crippen LogP contribution < -0.4 is 25.6 Å². The molecule has 0 atom stereocenters. The molecule has 0 aliphatic heterocycles. The maximum absolute atomic E-state index is 12.3. The molecule has 0 saturated carbocycles. The van der Waals surface area contributed by atoms with Crippen molar-refractivity contribution in [2.45, 2.75) is 32.6 Å². The number of amides is 3. The van der Waals surface area contributed by atoms with Gasteiger partial charge in [0.2, 0.25) is 5.91 Å². The quantitative estimate of drug-likeness (QED) is 0.373. The van der Waals surface area contributed by atoms with Crippen molar-refractivity contribution in [3.05, 3.63) is 46.2 Å².